The first kappa shape index (κ1) is 97.6. The lowest BCUT2D eigenvalue weighted by Gasteiger charge is -2.34. The monoisotopic (exact) mass is 1630 g/mol. The van der Waals surface area contributed by atoms with Gasteiger partial charge < -0.3 is 125 Å². The number of benzene rings is 1. The number of hydrogen-bond donors (Lipinski definition) is 21. The Hall–Kier alpha value is -9.74. The van der Waals surface area contributed by atoms with Crippen LogP contribution in [0.1, 0.15) is 183 Å². The highest BCUT2D eigenvalue weighted by Crippen LogP contribution is 2.25. The van der Waals surface area contributed by atoms with Gasteiger partial charge in [-0.1, -0.05) is 97.1 Å². The molecular weight excluding hydrogens is 1510 g/mol. The van der Waals surface area contributed by atoms with E-state index in [-0.39, 0.29) is 56.8 Å². The average Bonchev–Trinajstić information content (AvgIpc) is 1.65. The molecule has 40 nitrogen and oxygen atoms in total. The topological polar surface area (TPSA) is 630 Å². The van der Waals surface area contributed by atoms with E-state index in [0.717, 1.165) is 90.4 Å². The van der Waals surface area contributed by atoms with Crippen molar-refractivity contribution in [2.45, 2.75) is 300 Å². The Labute approximate surface area is 668 Å². The second-order valence-corrected chi connectivity index (χ2v) is 30.2. The zero-order chi connectivity index (χ0) is 86.1. The number of phenolic OH excluding ortho intramolecular Hbond substituents is 1. The molecule has 0 saturated carbocycles. The normalized spacial score (nSPS) is 27.2. The molecule has 0 radical (unpaired) electrons. The summed E-state index contributed by atoms with van der Waals surface area (Å²) >= 11 is 0. The van der Waals surface area contributed by atoms with E-state index in [9.17, 15) is 113 Å². The maximum Gasteiger partial charge on any atom is 0.328 e. The maximum atomic E-state index is 14.8. The third-order valence-electron chi connectivity index (χ3n) is 19.8. The van der Waals surface area contributed by atoms with Crippen molar-refractivity contribution in [3.63, 3.8) is 0 Å². The van der Waals surface area contributed by atoms with Crippen LogP contribution in [-0.4, -0.2) is 293 Å². The molecule has 115 heavy (non-hydrogen) atoms. The van der Waals surface area contributed by atoms with Crippen molar-refractivity contribution in [2.75, 3.05) is 32.7 Å². The lowest BCUT2D eigenvalue weighted by atomic mass is 9.99. The van der Waals surface area contributed by atoms with Crippen molar-refractivity contribution in [2.24, 2.45) is 22.4 Å². The van der Waals surface area contributed by atoms with Crippen molar-refractivity contribution < 1.29 is 118 Å². The second-order valence-electron chi connectivity index (χ2n) is 30.2. The van der Waals surface area contributed by atoms with Crippen LogP contribution < -0.4 is 70.0 Å². The van der Waals surface area contributed by atoms with Crippen LogP contribution in [0.15, 0.2) is 29.3 Å². The van der Waals surface area contributed by atoms with Crippen molar-refractivity contribution in [1.82, 2.24) is 68.3 Å². The van der Waals surface area contributed by atoms with Gasteiger partial charge in [0.15, 0.2) is 0 Å². The van der Waals surface area contributed by atoms with E-state index in [4.69, 9.17) is 16.2 Å². The molecule has 19 atom stereocenters. The fourth-order valence-electron chi connectivity index (χ4n) is 13.2. The summed E-state index contributed by atoms with van der Waals surface area (Å²) in [5, 5.41) is 114. The van der Waals surface area contributed by atoms with Gasteiger partial charge in [-0.15, -0.1) is 0 Å². The van der Waals surface area contributed by atoms with E-state index in [0.29, 0.717) is 23.3 Å². The van der Waals surface area contributed by atoms with Gasteiger partial charge in [0, 0.05) is 39.4 Å². The van der Waals surface area contributed by atoms with Crippen molar-refractivity contribution in [1.29, 1.82) is 0 Å². The van der Waals surface area contributed by atoms with Crippen LogP contribution in [-0.2, 0) is 83.1 Å². The molecule has 3 heterocycles. The summed E-state index contributed by atoms with van der Waals surface area (Å²) in [6.45, 7) is 9.56. The number of phenols is 1. The number of aromatic hydroxyl groups is 1. The Bertz CT molecular complexity index is 3490. The minimum absolute atomic E-state index is 0.0156. The fourth-order valence-corrected chi connectivity index (χ4v) is 13.2. The minimum atomic E-state index is -2.25. The van der Waals surface area contributed by atoms with E-state index in [2.05, 4.69) is 70.4 Å². The highest BCUT2D eigenvalue weighted by molar-refractivity contribution is 6.00. The van der Waals surface area contributed by atoms with Crippen LogP contribution in [0.25, 0.3) is 0 Å². The molecule has 0 aromatic heterocycles. The maximum absolute atomic E-state index is 14.8. The standard InChI is InChI=1S/C75H122N16O24/c1-10-11-12-13-14-15-16-17-18-19-20-22-48-33-56(102)84-59(40(5)92)69(108)81-39(4)65(104)83-50(31-45-24-26-46(97)27-25-45)66(105)86-58(38(2)3)73(112)91-37-47(98)32-51(91)67(106)87-61(42(7)94)71(110)88-62(43(8)95)74(113)90-30-28-52(99)64(90)72(111)89-63(53(100)34-55(77)101)68(107)80-36-57(103)85-60(41(6)93)70(109)82-49(75(114)115-48)23-21-29-78-54(76)35-79-44(9)96/h24-27,38-43,47-53,58-64,92-95,97-100H,10-23,28-37H2,1-9H3,(H2,76,78)(H2,77,101)(H,79,96)(H,80,107)(H,81,108)(H,82,109)(H,83,104)(H,84,102)(H,85,103)(H,86,105)(H,87,106)(H,88,110)(H,89,111)/t39-,40-,41-,42-,43-,47-,48-,49+,50+,51+,52+,53-,58+,59-,60-,61-,62+,63+,64+/m1/s1. The molecule has 3 fully saturated rings. The van der Waals surface area contributed by atoms with Gasteiger partial charge in [0.2, 0.25) is 82.7 Å². The van der Waals surface area contributed by atoms with E-state index in [1.54, 1.807) is 0 Å². The van der Waals surface area contributed by atoms with Gasteiger partial charge in [-0.05, 0) is 90.3 Å². The molecule has 14 amide bonds. The van der Waals surface area contributed by atoms with E-state index >= 15 is 0 Å². The first-order valence-corrected chi connectivity index (χ1v) is 39.3. The Kier molecular flexibility index (Phi) is 41.2. The molecule has 40 heteroatoms. The fraction of sp³-hybridized carbons (Fsp3) is 0.707. The molecule has 1 aromatic rings. The first-order chi connectivity index (χ1) is 54.1. The smallest absolute Gasteiger partial charge is 0.328 e. The molecule has 0 unspecified atom stereocenters. The van der Waals surface area contributed by atoms with Gasteiger partial charge in [-0.2, -0.15) is 0 Å². The Balaban J connectivity index is 1.84. The molecule has 0 spiro atoms. The zero-order valence-corrected chi connectivity index (χ0v) is 66.9. The van der Waals surface area contributed by atoms with E-state index in [1.807, 2.05) is 0 Å². The SMILES string of the molecule is CCCCCCCCCCCCC[C@@H]1CC(=O)N[C@H]([C@@H](C)O)C(=O)N[C@H](C)C(=O)N[C@@H](Cc2ccc(O)cc2)C(=O)N[C@@H](C(C)C)C(=O)N2C[C@H](O)C[C@H]2C(=O)N[C@H]([C@@H](C)O)C(=O)N[C@@H]([C@@H](C)O)C(=O)N2CC[C@H](O)[C@H]2C(=O)N[C@@H]([C@H](O)CC(N)=O)C(=O)NCC(=O)N[C@H]([C@@H](C)O)C(=O)N[C@@H](CCCN=C(N)CNC(C)=O)C(=O)O1. The minimum Gasteiger partial charge on any atom is -0.508 e. The Morgan fingerprint density at radius 2 is 1.09 bits per heavy atom. The van der Waals surface area contributed by atoms with Gasteiger partial charge in [0.05, 0.1) is 68.7 Å². The van der Waals surface area contributed by atoms with Crippen LogP contribution in [0.5, 0.6) is 5.75 Å². The number of rotatable bonds is 28. The van der Waals surface area contributed by atoms with Gasteiger partial charge in [-0.3, -0.25) is 72.1 Å². The third kappa shape index (κ3) is 32.5. The summed E-state index contributed by atoms with van der Waals surface area (Å²) in [6, 6.07) is -14.7. The number of unbranched alkanes of at least 4 members (excludes halogenated alkanes) is 10. The van der Waals surface area contributed by atoms with Crippen LogP contribution in [0.2, 0.25) is 0 Å². The van der Waals surface area contributed by atoms with Crippen molar-refractivity contribution in [3.8, 4) is 5.75 Å². The number of aliphatic hydroxyl groups excluding tert-OH is 7. The summed E-state index contributed by atoms with van der Waals surface area (Å²) in [5.74, 6) is -17.9. The number of nitrogens with two attached hydrogens (primary N) is 2. The summed E-state index contributed by atoms with van der Waals surface area (Å²) in [7, 11) is 0. The number of esters is 1. The third-order valence-corrected chi connectivity index (χ3v) is 19.8. The van der Waals surface area contributed by atoms with Crippen LogP contribution in [0.4, 0.5) is 0 Å². The van der Waals surface area contributed by atoms with Crippen LogP contribution in [0.3, 0.4) is 0 Å². The van der Waals surface area contributed by atoms with Gasteiger partial charge in [0.1, 0.15) is 84.1 Å². The Morgan fingerprint density at radius 3 is 1.65 bits per heavy atom. The molecule has 3 aliphatic heterocycles. The molecular formula is C75H122N16O24. The largest absolute Gasteiger partial charge is 0.508 e. The van der Waals surface area contributed by atoms with Crippen LogP contribution >= 0.6 is 0 Å². The Morgan fingerprint density at radius 1 is 0.574 bits per heavy atom. The number of fused-ring (bicyclic) bond motifs is 2. The lowest BCUT2D eigenvalue weighted by molar-refractivity contribution is -0.155. The van der Waals surface area contributed by atoms with Crippen molar-refractivity contribution >= 4 is 94.5 Å². The summed E-state index contributed by atoms with van der Waals surface area (Å²) in [6.07, 6.45) is -6.88. The number of hydrogen-bond acceptors (Lipinski definition) is 25. The van der Waals surface area contributed by atoms with Gasteiger partial charge in [0.25, 0.3) is 0 Å². The van der Waals surface area contributed by atoms with Gasteiger partial charge >= 0.3 is 5.97 Å². The van der Waals surface area contributed by atoms with Crippen molar-refractivity contribution in [3.05, 3.63) is 29.8 Å². The first-order valence-electron chi connectivity index (χ1n) is 39.3. The number of carbonyl (C=O) groups excluding carboxylic acids is 15. The number of amidine groups is 1. The number of cyclic esters (lactones) is 1. The molecule has 3 saturated heterocycles. The molecule has 0 aliphatic carbocycles. The number of carbonyl (C=O) groups is 15. The number of aliphatic hydroxyl groups is 7. The number of nitrogens with one attached hydrogen (secondary N) is 11. The molecule has 23 N–H and O–H groups in total. The van der Waals surface area contributed by atoms with E-state index < -0.39 is 249 Å². The second kappa shape index (κ2) is 48.6. The summed E-state index contributed by atoms with van der Waals surface area (Å²) < 4.78 is 6.02. The predicted molar refractivity (Wildman–Crippen MR) is 411 cm³/mol. The van der Waals surface area contributed by atoms with Gasteiger partial charge in [-0.25, -0.2) is 4.79 Å². The van der Waals surface area contributed by atoms with Crippen LogP contribution in [0, 0.1) is 5.92 Å². The highest BCUT2D eigenvalue weighted by Gasteiger charge is 2.48. The molecule has 0 bridgehead atoms. The number of amides is 14. The average molecular weight is 1630 g/mol. The zero-order valence-electron chi connectivity index (χ0n) is 66.9. The summed E-state index contributed by atoms with van der Waals surface area (Å²) in [4.78, 5) is 216. The number of nitrogens with zero attached hydrogens (tertiary/aromatic N) is 3. The van der Waals surface area contributed by atoms with E-state index in [1.165, 1.54) is 52.0 Å². The molecule has 4 rings (SSSR count). The lowest BCUT2D eigenvalue weighted by Crippen LogP contribution is -2.64. The highest BCUT2D eigenvalue weighted by atomic mass is 16.5. The predicted octanol–water partition coefficient (Wildman–Crippen LogP) is -5.94. The molecule has 3 aliphatic rings. The quantitative estimate of drug-likeness (QED) is 0.0161. The number of aliphatic imine (C=N–C) groups is 1. The number of ether oxygens (including phenoxy) is 1. The molecule has 646 valence electrons. The summed E-state index contributed by atoms with van der Waals surface area (Å²) in [5.41, 5.74) is 11.7. The number of primary amides is 1. The molecule has 1 aromatic carbocycles.